The van der Waals surface area contributed by atoms with Crippen LogP contribution in [0.3, 0.4) is 0 Å². The van der Waals surface area contributed by atoms with E-state index in [-0.39, 0.29) is 12.6 Å². The lowest BCUT2D eigenvalue weighted by Gasteiger charge is -2.18. The monoisotopic (exact) mass is 229 g/mol. The Morgan fingerprint density at radius 2 is 2.27 bits per heavy atom. The van der Waals surface area contributed by atoms with E-state index in [1.54, 1.807) is 6.20 Å². The van der Waals surface area contributed by atoms with Crippen molar-refractivity contribution >= 4 is 11.6 Å². The summed E-state index contributed by atoms with van der Waals surface area (Å²) in [7, 11) is 0. The summed E-state index contributed by atoms with van der Waals surface area (Å²) in [5.74, 6) is 0. The molecule has 0 amide bonds. The molecule has 0 radical (unpaired) electrons. The number of nitrogens with zero attached hydrogens (tertiary/aromatic N) is 1. The molecule has 2 rings (SSSR count). The third kappa shape index (κ3) is 2.65. The Balaban J connectivity index is 2.10. The molecule has 0 bridgehead atoms. The summed E-state index contributed by atoms with van der Waals surface area (Å²) in [5.41, 5.74) is 0.219. The molecule has 82 valence electrons. The van der Waals surface area contributed by atoms with Crippen molar-refractivity contribution in [3.8, 4) is 0 Å². The van der Waals surface area contributed by atoms with Crippen molar-refractivity contribution in [3.63, 3.8) is 0 Å². The Morgan fingerprint density at radius 3 is 3.00 bits per heavy atom. The van der Waals surface area contributed by atoms with Crippen molar-refractivity contribution in [1.29, 1.82) is 0 Å². The van der Waals surface area contributed by atoms with E-state index < -0.39 is 11.7 Å². The molecule has 3 unspecified atom stereocenters. The number of nitrogens with one attached hydrogen (secondary N) is 2. The zero-order valence-electron chi connectivity index (χ0n) is 8.16. The van der Waals surface area contributed by atoms with Gasteiger partial charge in [0.1, 0.15) is 11.7 Å². The van der Waals surface area contributed by atoms with Gasteiger partial charge in [-0.3, -0.25) is 10.3 Å². The molecule has 1 aliphatic heterocycles. The van der Waals surface area contributed by atoms with Crippen LogP contribution in [-0.4, -0.2) is 29.7 Å². The lowest BCUT2D eigenvalue weighted by Crippen LogP contribution is -2.35. The van der Waals surface area contributed by atoms with Crippen LogP contribution in [0.2, 0.25) is 0 Å². The maximum Gasteiger partial charge on any atom is 0.142 e. The van der Waals surface area contributed by atoms with Crippen molar-refractivity contribution in [2.45, 2.75) is 17.7 Å². The largest absolute Gasteiger partial charge is 0.312 e. The van der Waals surface area contributed by atoms with Crippen molar-refractivity contribution in [2.75, 3.05) is 13.1 Å². The average Bonchev–Trinajstić information content (AvgIpc) is 2.43. The summed E-state index contributed by atoms with van der Waals surface area (Å²) in [6.45, 7) is 0.922. The van der Waals surface area contributed by atoms with Gasteiger partial charge in [0.05, 0.1) is 11.7 Å². The highest BCUT2D eigenvalue weighted by molar-refractivity contribution is 6.20. The summed E-state index contributed by atoms with van der Waals surface area (Å²) >= 11 is 5.86. The van der Waals surface area contributed by atoms with Gasteiger partial charge in [-0.05, 0) is 12.1 Å². The number of hydrogen-bond acceptors (Lipinski definition) is 3. The Morgan fingerprint density at radius 1 is 1.40 bits per heavy atom. The van der Waals surface area contributed by atoms with Crippen molar-refractivity contribution in [3.05, 3.63) is 30.1 Å². The highest BCUT2D eigenvalue weighted by atomic mass is 35.5. The fraction of sp³-hybridized carbons (Fsp3) is 0.500. The van der Waals surface area contributed by atoms with E-state index >= 15 is 0 Å². The van der Waals surface area contributed by atoms with Gasteiger partial charge in [-0.1, -0.05) is 6.07 Å². The molecule has 0 saturated carbocycles. The molecule has 2 N–H and O–H groups in total. The molecule has 1 saturated heterocycles. The van der Waals surface area contributed by atoms with Crippen LogP contribution in [0.1, 0.15) is 11.7 Å². The minimum atomic E-state index is -1.07. The normalized spacial score (nSPS) is 32.3. The third-order valence-corrected chi connectivity index (χ3v) is 2.81. The second kappa shape index (κ2) is 4.88. The number of aromatic nitrogens is 1. The molecule has 3 atom stereocenters. The maximum absolute atomic E-state index is 13.2. The van der Waals surface area contributed by atoms with E-state index in [1.165, 1.54) is 0 Å². The first-order chi connectivity index (χ1) is 7.27. The van der Waals surface area contributed by atoms with Gasteiger partial charge in [0.25, 0.3) is 0 Å². The highest BCUT2D eigenvalue weighted by Crippen LogP contribution is 2.16. The Hall–Kier alpha value is -0.710. The summed E-state index contributed by atoms with van der Waals surface area (Å²) in [5, 5.41) is 6.02. The summed E-state index contributed by atoms with van der Waals surface area (Å²) in [4.78, 5) is 4.22. The Labute approximate surface area is 93.0 Å². The van der Waals surface area contributed by atoms with Crippen LogP contribution in [0.25, 0.3) is 0 Å². The SMILES string of the molecule is FC1CNCC(c2ccccn2)NC1Cl. The topological polar surface area (TPSA) is 37.0 Å². The second-order valence-electron chi connectivity index (χ2n) is 3.55. The van der Waals surface area contributed by atoms with E-state index in [0.29, 0.717) is 6.54 Å². The molecule has 1 aromatic heterocycles. The molecular formula is C10H13ClFN3. The molecule has 3 nitrogen and oxygen atoms in total. The smallest absolute Gasteiger partial charge is 0.142 e. The predicted octanol–water partition coefficient (Wildman–Crippen LogP) is 1.22. The fourth-order valence-electron chi connectivity index (χ4n) is 1.60. The number of pyridine rings is 1. The van der Waals surface area contributed by atoms with Gasteiger partial charge in [0.2, 0.25) is 0 Å². The minimum Gasteiger partial charge on any atom is -0.312 e. The predicted molar refractivity (Wildman–Crippen MR) is 57.5 cm³/mol. The van der Waals surface area contributed by atoms with Crippen LogP contribution >= 0.6 is 11.6 Å². The van der Waals surface area contributed by atoms with E-state index in [4.69, 9.17) is 11.6 Å². The molecule has 1 fully saturated rings. The first-order valence-electron chi connectivity index (χ1n) is 4.93. The average molecular weight is 230 g/mol. The maximum atomic E-state index is 13.2. The standard InChI is InChI=1S/C10H13ClFN3/c11-10-7(12)5-13-6-9(15-10)8-3-1-2-4-14-8/h1-4,7,9-10,13,15H,5-6H2. The molecule has 0 aromatic carbocycles. The molecule has 2 heterocycles. The number of halogens is 2. The van der Waals surface area contributed by atoms with Crippen LogP contribution in [-0.2, 0) is 0 Å². The van der Waals surface area contributed by atoms with Gasteiger partial charge in [0.15, 0.2) is 0 Å². The lowest BCUT2D eigenvalue weighted by atomic mass is 10.2. The quantitative estimate of drug-likeness (QED) is 0.562. The molecule has 1 aliphatic rings. The van der Waals surface area contributed by atoms with Crippen LogP contribution in [0, 0.1) is 0 Å². The first kappa shape index (κ1) is 10.8. The van der Waals surface area contributed by atoms with Crippen LogP contribution in [0.15, 0.2) is 24.4 Å². The molecule has 0 spiro atoms. The minimum absolute atomic E-state index is 0.0329. The molecule has 1 aromatic rings. The van der Waals surface area contributed by atoms with E-state index in [9.17, 15) is 4.39 Å². The van der Waals surface area contributed by atoms with Crippen molar-refractivity contribution < 1.29 is 4.39 Å². The summed E-state index contributed by atoms with van der Waals surface area (Å²) in [6.07, 6.45) is 0.651. The Kier molecular flexibility index (Phi) is 3.51. The fourth-order valence-corrected chi connectivity index (χ4v) is 1.84. The van der Waals surface area contributed by atoms with E-state index in [2.05, 4.69) is 15.6 Å². The molecule has 0 aliphatic carbocycles. The van der Waals surface area contributed by atoms with Gasteiger partial charge in [-0.15, -0.1) is 11.6 Å². The van der Waals surface area contributed by atoms with E-state index in [0.717, 1.165) is 5.69 Å². The van der Waals surface area contributed by atoms with Crippen LogP contribution in [0.4, 0.5) is 4.39 Å². The van der Waals surface area contributed by atoms with Gasteiger partial charge < -0.3 is 5.32 Å². The zero-order valence-corrected chi connectivity index (χ0v) is 8.91. The van der Waals surface area contributed by atoms with Crippen molar-refractivity contribution in [1.82, 2.24) is 15.6 Å². The van der Waals surface area contributed by atoms with Gasteiger partial charge in [-0.2, -0.15) is 0 Å². The highest BCUT2D eigenvalue weighted by Gasteiger charge is 2.26. The molecule has 5 heteroatoms. The van der Waals surface area contributed by atoms with Crippen LogP contribution in [0.5, 0.6) is 0 Å². The number of rotatable bonds is 1. The van der Waals surface area contributed by atoms with Gasteiger partial charge >= 0.3 is 0 Å². The molecule has 15 heavy (non-hydrogen) atoms. The van der Waals surface area contributed by atoms with Crippen LogP contribution < -0.4 is 10.6 Å². The Bertz CT molecular complexity index is 309. The summed E-state index contributed by atoms with van der Waals surface area (Å²) in [6, 6.07) is 5.63. The zero-order chi connectivity index (χ0) is 10.7. The van der Waals surface area contributed by atoms with Gasteiger partial charge in [-0.25, -0.2) is 4.39 Å². The third-order valence-electron chi connectivity index (χ3n) is 2.41. The lowest BCUT2D eigenvalue weighted by molar-refractivity contribution is 0.303. The number of hydrogen-bond donors (Lipinski definition) is 2. The first-order valence-corrected chi connectivity index (χ1v) is 5.37. The second-order valence-corrected chi connectivity index (χ2v) is 4.02. The summed E-state index contributed by atoms with van der Waals surface area (Å²) < 4.78 is 13.2. The number of alkyl halides is 2. The van der Waals surface area contributed by atoms with E-state index in [1.807, 2.05) is 18.2 Å². The van der Waals surface area contributed by atoms with Gasteiger partial charge in [0, 0.05) is 19.3 Å². The van der Waals surface area contributed by atoms with Crippen molar-refractivity contribution in [2.24, 2.45) is 0 Å². The molecular weight excluding hydrogens is 217 g/mol.